The van der Waals surface area contributed by atoms with Crippen molar-refractivity contribution in [1.82, 2.24) is 9.62 Å². The normalized spacial score (nSPS) is 14.9. The third-order valence-corrected chi connectivity index (χ3v) is 5.95. The van der Waals surface area contributed by atoms with E-state index in [0.29, 0.717) is 32.0 Å². The maximum absolute atomic E-state index is 12.6. The molecule has 1 aliphatic rings. The number of esters is 1. The number of carbonyl (C=O) groups is 2. The minimum absolute atomic E-state index is 0.0314. The molecule has 1 heterocycles. The Hall–Kier alpha value is -2.08. The number of hydrogen-bond donors (Lipinski definition) is 2. The third kappa shape index (κ3) is 6.51. The number of sulfonamides is 1. The molecule has 154 valence electrons. The van der Waals surface area contributed by atoms with Gasteiger partial charge in [0.1, 0.15) is 0 Å². The zero-order valence-electron chi connectivity index (χ0n) is 15.5. The van der Waals surface area contributed by atoms with Crippen LogP contribution in [0.3, 0.4) is 0 Å². The number of carbonyl (C=O) groups excluding carboxylic acids is 2. The molecule has 28 heavy (non-hydrogen) atoms. The summed E-state index contributed by atoms with van der Waals surface area (Å²) in [7, 11) is -3.57. The van der Waals surface area contributed by atoms with Crippen molar-refractivity contribution in [2.24, 2.45) is 0 Å². The number of ether oxygens (including phenoxy) is 2. The summed E-state index contributed by atoms with van der Waals surface area (Å²) in [5, 5.41) is 5.31. The SMILES string of the molecule is CCOC(=O)CCC(=O)NC(=S)Nc1ccc(S(=O)(=O)N2CCOCC2)cc1. The van der Waals surface area contributed by atoms with Crippen LogP contribution < -0.4 is 10.6 Å². The van der Waals surface area contributed by atoms with Crippen molar-refractivity contribution >= 4 is 44.9 Å². The van der Waals surface area contributed by atoms with Gasteiger partial charge in [0.15, 0.2) is 5.11 Å². The van der Waals surface area contributed by atoms with Crippen molar-refractivity contribution in [2.45, 2.75) is 24.7 Å². The molecule has 0 atom stereocenters. The van der Waals surface area contributed by atoms with Crippen LogP contribution in [0.2, 0.25) is 0 Å². The molecule has 1 saturated heterocycles. The van der Waals surface area contributed by atoms with Crippen LogP contribution in [0.1, 0.15) is 19.8 Å². The van der Waals surface area contributed by atoms with E-state index in [2.05, 4.69) is 10.6 Å². The Morgan fingerprint density at radius 2 is 1.82 bits per heavy atom. The Balaban J connectivity index is 1.87. The summed E-state index contributed by atoms with van der Waals surface area (Å²) in [6.45, 7) is 3.35. The Labute approximate surface area is 169 Å². The second kappa shape index (κ2) is 10.5. The van der Waals surface area contributed by atoms with E-state index in [1.807, 2.05) is 0 Å². The molecule has 0 unspecified atom stereocenters. The first kappa shape index (κ1) is 22.2. The quantitative estimate of drug-likeness (QED) is 0.485. The van der Waals surface area contributed by atoms with Crippen LogP contribution in [0, 0.1) is 0 Å². The molecule has 1 aromatic rings. The van der Waals surface area contributed by atoms with E-state index < -0.39 is 21.9 Å². The number of morpholine rings is 1. The number of hydrogen-bond acceptors (Lipinski definition) is 7. The van der Waals surface area contributed by atoms with E-state index in [1.54, 1.807) is 19.1 Å². The van der Waals surface area contributed by atoms with Gasteiger partial charge in [-0.1, -0.05) is 0 Å². The second-order valence-corrected chi connectivity index (χ2v) is 8.19. The molecule has 1 amide bonds. The summed E-state index contributed by atoms with van der Waals surface area (Å²) in [6.07, 6.45) is -0.0756. The first-order valence-corrected chi connectivity index (χ1v) is 10.6. The van der Waals surface area contributed by atoms with Gasteiger partial charge in [0.25, 0.3) is 0 Å². The van der Waals surface area contributed by atoms with Crippen LogP contribution in [0.5, 0.6) is 0 Å². The Kier molecular flexibility index (Phi) is 8.30. The highest BCUT2D eigenvalue weighted by molar-refractivity contribution is 7.89. The number of benzene rings is 1. The van der Waals surface area contributed by atoms with Crippen molar-refractivity contribution < 1.29 is 27.5 Å². The molecule has 0 spiro atoms. The van der Waals surface area contributed by atoms with Gasteiger partial charge in [-0.3, -0.25) is 9.59 Å². The van der Waals surface area contributed by atoms with Crippen molar-refractivity contribution in [3.63, 3.8) is 0 Å². The highest BCUT2D eigenvalue weighted by atomic mass is 32.2. The van der Waals surface area contributed by atoms with Crippen LogP contribution in [0.25, 0.3) is 0 Å². The summed E-state index contributed by atoms with van der Waals surface area (Å²) >= 11 is 5.05. The minimum atomic E-state index is -3.57. The first-order chi connectivity index (χ1) is 13.3. The molecular formula is C17H23N3O6S2. The lowest BCUT2D eigenvalue weighted by molar-refractivity contribution is -0.144. The highest BCUT2D eigenvalue weighted by Gasteiger charge is 2.26. The number of amides is 1. The van der Waals surface area contributed by atoms with Crippen LogP contribution in [0.4, 0.5) is 5.69 Å². The molecule has 0 radical (unpaired) electrons. The van der Waals surface area contributed by atoms with Gasteiger partial charge in [0.05, 0.1) is 31.1 Å². The summed E-state index contributed by atoms with van der Waals surface area (Å²) < 4.78 is 36.4. The summed E-state index contributed by atoms with van der Waals surface area (Å²) in [5.74, 6) is -0.870. The molecule has 9 nitrogen and oxygen atoms in total. The van der Waals surface area contributed by atoms with Gasteiger partial charge >= 0.3 is 5.97 Å². The van der Waals surface area contributed by atoms with Crippen LogP contribution >= 0.6 is 12.2 Å². The maximum Gasteiger partial charge on any atom is 0.306 e. The molecule has 0 aliphatic carbocycles. The predicted molar refractivity (Wildman–Crippen MR) is 106 cm³/mol. The van der Waals surface area contributed by atoms with Gasteiger partial charge in [-0.2, -0.15) is 4.31 Å². The Bertz CT molecular complexity index is 805. The van der Waals surface area contributed by atoms with Gasteiger partial charge in [-0.05, 0) is 43.4 Å². The second-order valence-electron chi connectivity index (χ2n) is 5.85. The van der Waals surface area contributed by atoms with Gasteiger partial charge in [-0.25, -0.2) is 8.42 Å². The Morgan fingerprint density at radius 1 is 1.18 bits per heavy atom. The minimum Gasteiger partial charge on any atom is -0.466 e. The zero-order chi connectivity index (χ0) is 20.6. The number of anilines is 1. The number of nitrogens with one attached hydrogen (secondary N) is 2. The molecule has 0 aromatic heterocycles. The van der Waals surface area contributed by atoms with E-state index in [1.165, 1.54) is 16.4 Å². The van der Waals surface area contributed by atoms with Crippen molar-refractivity contribution in [3.05, 3.63) is 24.3 Å². The van der Waals surface area contributed by atoms with E-state index in [4.69, 9.17) is 21.7 Å². The number of nitrogens with zero attached hydrogens (tertiary/aromatic N) is 1. The van der Waals surface area contributed by atoms with Gasteiger partial charge in [0.2, 0.25) is 15.9 Å². The Morgan fingerprint density at radius 3 is 2.43 bits per heavy atom. The third-order valence-electron chi connectivity index (χ3n) is 3.83. The predicted octanol–water partition coefficient (Wildman–Crippen LogP) is 0.864. The fourth-order valence-electron chi connectivity index (χ4n) is 2.45. The molecule has 2 rings (SSSR count). The van der Waals surface area contributed by atoms with Crippen LogP contribution in [0.15, 0.2) is 29.2 Å². The zero-order valence-corrected chi connectivity index (χ0v) is 17.1. The molecular weight excluding hydrogens is 406 g/mol. The van der Waals surface area contributed by atoms with Gasteiger partial charge in [0, 0.05) is 25.2 Å². The number of thiocarbonyl (C=S) groups is 1. The standard InChI is InChI=1S/C17H23N3O6S2/c1-2-26-16(22)8-7-15(21)19-17(27)18-13-3-5-14(6-4-13)28(23,24)20-9-11-25-12-10-20/h3-6H,2,7-12H2,1H3,(H2,18,19,21,27). The molecule has 2 N–H and O–H groups in total. The van der Waals surface area contributed by atoms with Gasteiger partial charge < -0.3 is 20.1 Å². The molecule has 0 bridgehead atoms. The van der Waals surface area contributed by atoms with E-state index in [9.17, 15) is 18.0 Å². The lowest BCUT2D eigenvalue weighted by Crippen LogP contribution is -2.40. The highest BCUT2D eigenvalue weighted by Crippen LogP contribution is 2.19. The van der Waals surface area contributed by atoms with E-state index in [-0.39, 0.29) is 29.5 Å². The summed E-state index contributed by atoms with van der Waals surface area (Å²) in [6, 6.07) is 6.06. The molecule has 1 aromatic carbocycles. The fourth-order valence-corrected chi connectivity index (χ4v) is 4.09. The lowest BCUT2D eigenvalue weighted by atomic mass is 10.3. The maximum atomic E-state index is 12.6. The largest absolute Gasteiger partial charge is 0.466 e. The molecule has 1 aliphatic heterocycles. The topological polar surface area (TPSA) is 114 Å². The smallest absolute Gasteiger partial charge is 0.306 e. The monoisotopic (exact) mass is 429 g/mol. The summed E-state index contributed by atoms with van der Waals surface area (Å²) in [4.78, 5) is 23.2. The fraction of sp³-hybridized carbons (Fsp3) is 0.471. The summed E-state index contributed by atoms with van der Waals surface area (Å²) in [5.41, 5.74) is 0.525. The van der Waals surface area contributed by atoms with Crippen LogP contribution in [-0.2, 0) is 29.1 Å². The van der Waals surface area contributed by atoms with E-state index in [0.717, 1.165) is 0 Å². The molecule has 0 saturated carbocycles. The first-order valence-electron chi connectivity index (χ1n) is 8.77. The lowest BCUT2D eigenvalue weighted by Gasteiger charge is -2.26. The average Bonchev–Trinajstić information content (AvgIpc) is 2.67. The van der Waals surface area contributed by atoms with Crippen molar-refractivity contribution in [2.75, 3.05) is 38.2 Å². The van der Waals surface area contributed by atoms with Gasteiger partial charge in [-0.15, -0.1) is 0 Å². The van der Waals surface area contributed by atoms with Crippen molar-refractivity contribution in [3.8, 4) is 0 Å². The van der Waals surface area contributed by atoms with Crippen LogP contribution in [-0.4, -0.2) is 62.6 Å². The average molecular weight is 430 g/mol. The van der Waals surface area contributed by atoms with Crippen molar-refractivity contribution in [1.29, 1.82) is 0 Å². The molecule has 11 heteroatoms. The van der Waals surface area contributed by atoms with E-state index >= 15 is 0 Å². The number of rotatable bonds is 7. The molecule has 1 fully saturated rings.